The number of nitrogens with zero attached hydrogens (tertiary/aromatic N) is 2. The lowest BCUT2D eigenvalue weighted by atomic mass is 9.84. The van der Waals surface area contributed by atoms with Gasteiger partial charge in [-0.2, -0.15) is 13.2 Å². The number of carbonyl (C=O) groups excluding carboxylic acids is 1. The van der Waals surface area contributed by atoms with Gasteiger partial charge >= 0.3 is 12.1 Å². The minimum Gasteiger partial charge on any atom is -0.494 e. The second-order valence-corrected chi connectivity index (χ2v) is 12.2. The van der Waals surface area contributed by atoms with E-state index < -0.39 is 41.0 Å². The summed E-state index contributed by atoms with van der Waals surface area (Å²) in [7, 11) is 0. The number of hydrogen-bond donors (Lipinski definition) is 1. The van der Waals surface area contributed by atoms with Crippen LogP contribution < -0.4 is 10.3 Å². The number of carbonyl (C=O) groups is 2. The van der Waals surface area contributed by atoms with Crippen LogP contribution in [-0.2, 0) is 23.9 Å². The summed E-state index contributed by atoms with van der Waals surface area (Å²) in [6.45, 7) is 2.33. The maximum atomic E-state index is 13.5. The van der Waals surface area contributed by atoms with Gasteiger partial charge in [-0.1, -0.05) is 39.0 Å². The first kappa shape index (κ1) is 31.7. The molecule has 7 nitrogen and oxygen atoms in total. The molecule has 2 saturated carbocycles. The number of aliphatic carboxylic acids is 1. The SMILES string of the molecule is CCc1nc2ccc(C(F)(F)F)cc2c(=O)n1CC1CCC(C(=O)c2ccc(OCCCC3CCCCC3)cc2)C1C(=O)O. The molecule has 236 valence electrons. The monoisotopic (exact) mass is 612 g/mol. The van der Waals surface area contributed by atoms with Crippen LogP contribution in [-0.4, -0.2) is 33.0 Å². The Bertz CT molecular complexity index is 1540. The van der Waals surface area contributed by atoms with E-state index in [-0.39, 0.29) is 23.2 Å². The van der Waals surface area contributed by atoms with Crippen molar-refractivity contribution in [3.8, 4) is 5.75 Å². The van der Waals surface area contributed by atoms with Gasteiger partial charge in [0.1, 0.15) is 11.6 Å². The molecule has 0 bridgehead atoms. The van der Waals surface area contributed by atoms with Crippen LogP contribution in [0, 0.1) is 23.7 Å². The normalized spacial score (nSPS) is 21.0. The van der Waals surface area contributed by atoms with Crippen LogP contribution in [0.3, 0.4) is 0 Å². The van der Waals surface area contributed by atoms with Crippen molar-refractivity contribution in [1.82, 2.24) is 9.55 Å². The largest absolute Gasteiger partial charge is 0.494 e. The molecule has 3 atom stereocenters. The van der Waals surface area contributed by atoms with Gasteiger partial charge in [-0.25, -0.2) is 4.98 Å². The molecular weight excluding hydrogens is 573 g/mol. The molecule has 0 saturated heterocycles. The Labute approximate surface area is 254 Å². The van der Waals surface area contributed by atoms with Gasteiger partial charge in [-0.3, -0.25) is 19.0 Å². The average molecular weight is 613 g/mol. The zero-order valence-electron chi connectivity index (χ0n) is 24.9. The summed E-state index contributed by atoms with van der Waals surface area (Å²) in [6.07, 6.45) is 5.12. The predicted molar refractivity (Wildman–Crippen MR) is 160 cm³/mol. The van der Waals surface area contributed by atoms with Gasteiger partial charge in [0.25, 0.3) is 5.56 Å². The number of aryl methyl sites for hydroxylation is 1. The number of ketones is 1. The molecule has 0 amide bonds. The molecular formula is C34H39F3N2O5. The van der Waals surface area contributed by atoms with Crippen molar-refractivity contribution in [3.63, 3.8) is 0 Å². The highest BCUT2D eigenvalue weighted by Gasteiger charge is 2.45. The summed E-state index contributed by atoms with van der Waals surface area (Å²) >= 11 is 0. The molecule has 5 rings (SSSR count). The summed E-state index contributed by atoms with van der Waals surface area (Å²) in [5.74, 6) is -2.01. The first-order valence-electron chi connectivity index (χ1n) is 15.7. The molecule has 44 heavy (non-hydrogen) atoms. The number of benzene rings is 2. The zero-order chi connectivity index (χ0) is 31.4. The Morgan fingerprint density at radius 1 is 1.02 bits per heavy atom. The highest BCUT2D eigenvalue weighted by Crippen LogP contribution is 2.40. The van der Waals surface area contributed by atoms with E-state index in [1.807, 2.05) is 0 Å². The lowest BCUT2D eigenvalue weighted by Crippen LogP contribution is -2.35. The molecule has 3 unspecified atom stereocenters. The summed E-state index contributed by atoms with van der Waals surface area (Å²) in [5, 5.41) is 10.0. The first-order chi connectivity index (χ1) is 21.1. The van der Waals surface area contributed by atoms with E-state index in [9.17, 15) is 32.7 Å². The smallest absolute Gasteiger partial charge is 0.416 e. The topological polar surface area (TPSA) is 98.5 Å². The second-order valence-electron chi connectivity index (χ2n) is 12.2. The van der Waals surface area contributed by atoms with Crippen LogP contribution in [0.25, 0.3) is 10.9 Å². The minimum absolute atomic E-state index is 0.0461. The maximum Gasteiger partial charge on any atom is 0.416 e. The van der Waals surface area contributed by atoms with Gasteiger partial charge in [0, 0.05) is 24.4 Å². The van der Waals surface area contributed by atoms with Crippen LogP contribution in [0.2, 0.25) is 0 Å². The Kier molecular flexibility index (Phi) is 9.75. The van der Waals surface area contributed by atoms with E-state index in [1.54, 1.807) is 31.2 Å². The van der Waals surface area contributed by atoms with Gasteiger partial charge in [0.2, 0.25) is 0 Å². The molecule has 1 N–H and O–H groups in total. The van der Waals surface area contributed by atoms with E-state index in [1.165, 1.54) is 42.7 Å². The zero-order valence-corrected chi connectivity index (χ0v) is 24.9. The van der Waals surface area contributed by atoms with Crippen LogP contribution in [0.5, 0.6) is 5.75 Å². The molecule has 10 heteroatoms. The molecule has 0 radical (unpaired) electrons. The third-order valence-electron chi connectivity index (χ3n) is 9.39. The van der Waals surface area contributed by atoms with Crippen molar-refractivity contribution in [2.45, 2.75) is 83.9 Å². The van der Waals surface area contributed by atoms with E-state index in [0.29, 0.717) is 43.0 Å². The molecule has 2 aromatic carbocycles. The molecule has 1 heterocycles. The minimum atomic E-state index is -4.62. The van der Waals surface area contributed by atoms with E-state index in [0.717, 1.165) is 30.9 Å². The lowest BCUT2D eigenvalue weighted by Gasteiger charge is -2.23. The average Bonchev–Trinajstić information content (AvgIpc) is 3.44. The highest BCUT2D eigenvalue weighted by molar-refractivity contribution is 6.00. The van der Waals surface area contributed by atoms with Gasteiger partial charge < -0.3 is 9.84 Å². The molecule has 0 aliphatic heterocycles. The second kappa shape index (κ2) is 13.5. The molecule has 3 aromatic rings. The van der Waals surface area contributed by atoms with E-state index >= 15 is 0 Å². The Morgan fingerprint density at radius 2 is 1.75 bits per heavy atom. The Morgan fingerprint density at radius 3 is 2.41 bits per heavy atom. The molecule has 2 aliphatic carbocycles. The van der Waals surface area contributed by atoms with Gasteiger partial charge in [0.15, 0.2) is 5.78 Å². The lowest BCUT2D eigenvalue weighted by molar-refractivity contribution is -0.144. The standard InChI is InChI=1S/C34H39F3N2O5/c1-2-29-38-28-17-13-24(34(35,36)37)19-27(28)32(41)39(29)20-23-12-16-26(30(23)33(42)43)31(40)22-10-14-25(15-11-22)44-18-6-9-21-7-4-3-5-8-21/h10-11,13-15,17,19,21,23,26,30H,2-9,12,16,18,20H2,1H3,(H,42,43). The van der Waals surface area contributed by atoms with Crippen LogP contribution in [0.4, 0.5) is 13.2 Å². The van der Waals surface area contributed by atoms with Gasteiger partial charge in [-0.15, -0.1) is 0 Å². The van der Waals surface area contributed by atoms with Gasteiger partial charge in [-0.05, 0) is 80.0 Å². The number of carboxylic acid groups (broad SMARTS) is 1. The van der Waals surface area contributed by atoms with Crippen LogP contribution >= 0.6 is 0 Å². The quantitative estimate of drug-likeness (QED) is 0.180. The number of alkyl halides is 3. The van der Waals surface area contributed by atoms with E-state index in [2.05, 4.69) is 4.98 Å². The van der Waals surface area contributed by atoms with Crippen molar-refractivity contribution in [3.05, 3.63) is 69.8 Å². The fourth-order valence-electron chi connectivity index (χ4n) is 7.06. The number of fused-ring (bicyclic) bond motifs is 1. The molecule has 0 spiro atoms. The predicted octanol–water partition coefficient (Wildman–Crippen LogP) is 7.33. The Balaban J connectivity index is 1.28. The molecule has 2 fully saturated rings. The molecule has 2 aliphatic rings. The summed E-state index contributed by atoms with van der Waals surface area (Å²) in [4.78, 5) is 43.8. The van der Waals surface area contributed by atoms with Crippen molar-refractivity contribution >= 4 is 22.7 Å². The number of halogens is 3. The van der Waals surface area contributed by atoms with Crippen molar-refractivity contribution in [2.24, 2.45) is 23.7 Å². The summed E-state index contributed by atoms with van der Waals surface area (Å²) in [5.41, 5.74) is -1.05. The van der Waals surface area contributed by atoms with E-state index in [4.69, 9.17) is 4.74 Å². The third kappa shape index (κ3) is 7.00. The molecule has 1 aromatic heterocycles. The maximum absolute atomic E-state index is 13.5. The Hall–Kier alpha value is -3.69. The number of carboxylic acids is 1. The number of rotatable bonds is 11. The highest BCUT2D eigenvalue weighted by atomic mass is 19.4. The van der Waals surface area contributed by atoms with Gasteiger partial charge in [0.05, 0.1) is 29.0 Å². The number of Topliss-reactive ketones (excluding diaryl/α,β-unsaturated/α-hetero) is 1. The first-order valence-corrected chi connectivity index (χ1v) is 15.7. The summed E-state index contributed by atoms with van der Waals surface area (Å²) in [6, 6.07) is 9.66. The van der Waals surface area contributed by atoms with Crippen LogP contribution in [0.1, 0.15) is 86.5 Å². The summed E-state index contributed by atoms with van der Waals surface area (Å²) < 4.78 is 47.2. The van der Waals surface area contributed by atoms with Crippen molar-refractivity contribution in [1.29, 1.82) is 0 Å². The number of aromatic nitrogens is 2. The van der Waals surface area contributed by atoms with Crippen molar-refractivity contribution < 1.29 is 32.6 Å². The fourth-order valence-corrected chi connectivity index (χ4v) is 7.06. The fraction of sp³-hybridized carbons (Fsp3) is 0.529. The number of ether oxygens (including phenoxy) is 1. The van der Waals surface area contributed by atoms with Crippen LogP contribution in [0.15, 0.2) is 47.3 Å². The van der Waals surface area contributed by atoms with Crippen molar-refractivity contribution in [2.75, 3.05) is 6.61 Å². The number of hydrogen-bond acceptors (Lipinski definition) is 5. The third-order valence-corrected chi connectivity index (χ3v) is 9.39.